The van der Waals surface area contributed by atoms with E-state index in [9.17, 15) is 4.79 Å². The van der Waals surface area contributed by atoms with Crippen LogP contribution in [0.2, 0.25) is 0 Å². The van der Waals surface area contributed by atoms with Crippen LogP contribution >= 0.6 is 0 Å². The van der Waals surface area contributed by atoms with Crippen molar-refractivity contribution < 1.29 is 9.90 Å². The van der Waals surface area contributed by atoms with Gasteiger partial charge in [0, 0.05) is 12.7 Å². The Hall–Kier alpha value is -2.56. The van der Waals surface area contributed by atoms with Crippen LogP contribution in [0.1, 0.15) is 35.2 Å². The molecule has 1 unspecified atom stereocenters. The Morgan fingerprint density at radius 1 is 1.38 bits per heavy atom. The van der Waals surface area contributed by atoms with Crippen LogP contribution in [0.15, 0.2) is 42.6 Å². The molecule has 1 aromatic carbocycles. The van der Waals surface area contributed by atoms with Gasteiger partial charge in [-0.05, 0) is 24.0 Å². The second kappa shape index (κ2) is 6.74. The van der Waals surface area contributed by atoms with Crippen molar-refractivity contribution in [2.75, 3.05) is 17.6 Å². The molecule has 0 radical (unpaired) electrons. The SMILES string of the molecule is CC(CCNc1ncc(C(=O)O)cc1N)c1ccccc1. The Labute approximate surface area is 123 Å². The van der Waals surface area contributed by atoms with E-state index in [-0.39, 0.29) is 5.56 Å². The molecule has 5 nitrogen and oxygen atoms in total. The summed E-state index contributed by atoms with van der Waals surface area (Å²) < 4.78 is 0. The minimum Gasteiger partial charge on any atom is -0.478 e. The number of pyridine rings is 1. The normalized spacial score (nSPS) is 11.9. The third-order valence-corrected chi connectivity index (χ3v) is 3.40. The second-order valence-electron chi connectivity index (χ2n) is 4.99. The van der Waals surface area contributed by atoms with E-state index in [0.717, 1.165) is 13.0 Å². The fourth-order valence-corrected chi connectivity index (χ4v) is 2.10. The zero-order valence-corrected chi connectivity index (χ0v) is 11.9. The van der Waals surface area contributed by atoms with Crippen LogP contribution in [0.4, 0.5) is 11.5 Å². The van der Waals surface area contributed by atoms with E-state index in [1.54, 1.807) is 0 Å². The lowest BCUT2D eigenvalue weighted by molar-refractivity contribution is 0.0696. The van der Waals surface area contributed by atoms with Gasteiger partial charge in [0.1, 0.15) is 5.82 Å². The molecule has 0 fully saturated rings. The van der Waals surface area contributed by atoms with E-state index in [4.69, 9.17) is 10.8 Å². The molecule has 0 saturated carbocycles. The lowest BCUT2D eigenvalue weighted by Crippen LogP contribution is -2.10. The van der Waals surface area contributed by atoms with Crippen molar-refractivity contribution in [3.8, 4) is 0 Å². The molecule has 5 heteroatoms. The van der Waals surface area contributed by atoms with Gasteiger partial charge in [-0.25, -0.2) is 9.78 Å². The summed E-state index contributed by atoms with van der Waals surface area (Å²) >= 11 is 0. The van der Waals surface area contributed by atoms with Crippen molar-refractivity contribution in [1.29, 1.82) is 0 Å². The number of hydrogen-bond acceptors (Lipinski definition) is 4. The number of carboxylic acid groups (broad SMARTS) is 1. The molecule has 1 aromatic heterocycles. The zero-order valence-electron chi connectivity index (χ0n) is 11.9. The van der Waals surface area contributed by atoms with Crippen molar-refractivity contribution in [2.24, 2.45) is 0 Å². The van der Waals surface area contributed by atoms with E-state index in [0.29, 0.717) is 17.4 Å². The number of benzene rings is 1. The molecule has 0 aliphatic heterocycles. The number of rotatable bonds is 6. The highest BCUT2D eigenvalue weighted by Crippen LogP contribution is 2.20. The summed E-state index contributed by atoms with van der Waals surface area (Å²) in [7, 11) is 0. The first-order valence-corrected chi connectivity index (χ1v) is 6.85. The maximum Gasteiger partial charge on any atom is 0.337 e. The quantitative estimate of drug-likeness (QED) is 0.759. The Kier molecular flexibility index (Phi) is 4.77. The van der Waals surface area contributed by atoms with Crippen molar-refractivity contribution in [1.82, 2.24) is 4.98 Å². The van der Waals surface area contributed by atoms with Crippen LogP contribution in [-0.4, -0.2) is 22.6 Å². The van der Waals surface area contributed by atoms with Gasteiger partial charge in [-0.1, -0.05) is 37.3 Å². The lowest BCUT2D eigenvalue weighted by atomic mass is 9.98. The highest BCUT2D eigenvalue weighted by atomic mass is 16.4. The molecule has 0 spiro atoms. The van der Waals surface area contributed by atoms with Crippen LogP contribution in [-0.2, 0) is 0 Å². The second-order valence-corrected chi connectivity index (χ2v) is 4.99. The number of nitrogens with one attached hydrogen (secondary N) is 1. The molecular weight excluding hydrogens is 266 g/mol. The Balaban J connectivity index is 1.90. The first kappa shape index (κ1) is 14.8. The minimum absolute atomic E-state index is 0.0932. The van der Waals surface area contributed by atoms with E-state index >= 15 is 0 Å². The Morgan fingerprint density at radius 3 is 2.71 bits per heavy atom. The van der Waals surface area contributed by atoms with Gasteiger partial charge in [0.25, 0.3) is 0 Å². The first-order valence-electron chi connectivity index (χ1n) is 6.85. The van der Waals surface area contributed by atoms with Crippen LogP contribution in [0, 0.1) is 0 Å². The molecule has 21 heavy (non-hydrogen) atoms. The summed E-state index contributed by atoms with van der Waals surface area (Å²) in [6, 6.07) is 11.7. The van der Waals surface area contributed by atoms with Crippen molar-refractivity contribution in [2.45, 2.75) is 19.3 Å². The van der Waals surface area contributed by atoms with Gasteiger partial charge in [-0.15, -0.1) is 0 Å². The average Bonchev–Trinajstić information content (AvgIpc) is 2.49. The van der Waals surface area contributed by atoms with E-state index < -0.39 is 5.97 Å². The molecule has 0 saturated heterocycles. The summed E-state index contributed by atoms with van der Waals surface area (Å²) in [5, 5.41) is 12.0. The summed E-state index contributed by atoms with van der Waals surface area (Å²) in [6.45, 7) is 2.89. The molecule has 0 aliphatic rings. The number of nitrogen functional groups attached to an aromatic ring is 1. The number of carboxylic acids is 1. The molecule has 0 bridgehead atoms. The number of nitrogens with zero attached hydrogens (tertiary/aromatic N) is 1. The summed E-state index contributed by atoms with van der Waals surface area (Å²) in [5.41, 5.74) is 7.53. The summed E-state index contributed by atoms with van der Waals surface area (Å²) in [4.78, 5) is 14.9. The number of aromatic nitrogens is 1. The number of aromatic carboxylic acids is 1. The van der Waals surface area contributed by atoms with Gasteiger partial charge in [0.2, 0.25) is 0 Å². The third kappa shape index (κ3) is 3.95. The largest absolute Gasteiger partial charge is 0.478 e. The maximum atomic E-state index is 10.8. The fraction of sp³-hybridized carbons (Fsp3) is 0.250. The standard InChI is InChI=1S/C16H19N3O2/c1-11(12-5-3-2-4-6-12)7-8-18-15-14(17)9-13(10-19-15)16(20)21/h2-6,9-11H,7-8,17H2,1H3,(H,18,19)(H,20,21). The molecule has 110 valence electrons. The van der Waals surface area contributed by atoms with Crippen molar-refractivity contribution >= 4 is 17.5 Å². The fourth-order valence-electron chi connectivity index (χ4n) is 2.10. The Morgan fingerprint density at radius 2 is 2.10 bits per heavy atom. The molecule has 1 heterocycles. The van der Waals surface area contributed by atoms with Crippen molar-refractivity contribution in [3.63, 3.8) is 0 Å². The number of anilines is 2. The summed E-state index contributed by atoms with van der Waals surface area (Å²) in [5.74, 6) is -0.0723. The van der Waals surface area contributed by atoms with Gasteiger partial charge in [-0.2, -0.15) is 0 Å². The smallest absolute Gasteiger partial charge is 0.337 e. The number of nitrogens with two attached hydrogens (primary N) is 1. The lowest BCUT2D eigenvalue weighted by Gasteiger charge is -2.13. The highest BCUT2D eigenvalue weighted by Gasteiger charge is 2.08. The highest BCUT2D eigenvalue weighted by molar-refractivity contribution is 5.89. The predicted molar refractivity (Wildman–Crippen MR) is 83.6 cm³/mol. The van der Waals surface area contributed by atoms with Crippen LogP contribution in [0.25, 0.3) is 0 Å². The van der Waals surface area contributed by atoms with Crippen LogP contribution in [0.3, 0.4) is 0 Å². The van der Waals surface area contributed by atoms with E-state index in [1.165, 1.54) is 17.8 Å². The molecule has 4 N–H and O–H groups in total. The topological polar surface area (TPSA) is 88.2 Å². The van der Waals surface area contributed by atoms with Crippen molar-refractivity contribution in [3.05, 3.63) is 53.7 Å². The predicted octanol–water partition coefficient (Wildman–Crippen LogP) is 2.97. The van der Waals surface area contributed by atoms with E-state index in [2.05, 4.69) is 29.4 Å². The molecule has 2 rings (SSSR count). The molecule has 2 aromatic rings. The first-order chi connectivity index (χ1) is 10.1. The maximum absolute atomic E-state index is 10.8. The minimum atomic E-state index is -1.03. The Bertz CT molecular complexity index is 614. The monoisotopic (exact) mass is 285 g/mol. The molecule has 0 amide bonds. The molecular formula is C16H19N3O2. The average molecular weight is 285 g/mol. The van der Waals surface area contributed by atoms with Crippen LogP contribution < -0.4 is 11.1 Å². The third-order valence-electron chi connectivity index (χ3n) is 3.40. The molecule has 1 atom stereocenters. The molecule has 0 aliphatic carbocycles. The number of hydrogen-bond donors (Lipinski definition) is 3. The van der Waals surface area contributed by atoms with Gasteiger partial charge in [-0.3, -0.25) is 0 Å². The zero-order chi connectivity index (χ0) is 15.2. The van der Waals surface area contributed by atoms with Gasteiger partial charge >= 0.3 is 5.97 Å². The van der Waals surface area contributed by atoms with Gasteiger partial charge in [0.15, 0.2) is 0 Å². The van der Waals surface area contributed by atoms with E-state index in [1.807, 2.05) is 18.2 Å². The number of carbonyl (C=O) groups is 1. The van der Waals surface area contributed by atoms with Gasteiger partial charge < -0.3 is 16.2 Å². The summed E-state index contributed by atoms with van der Waals surface area (Å²) in [6.07, 6.45) is 2.24. The van der Waals surface area contributed by atoms with Gasteiger partial charge in [0.05, 0.1) is 11.3 Å². The van der Waals surface area contributed by atoms with Crippen LogP contribution in [0.5, 0.6) is 0 Å².